The van der Waals surface area contributed by atoms with Crippen LogP contribution in [0.4, 0.5) is 0 Å². The van der Waals surface area contributed by atoms with Crippen LogP contribution in [0.3, 0.4) is 0 Å². The van der Waals surface area contributed by atoms with E-state index in [1.807, 2.05) is 12.4 Å². The molecule has 2 rings (SSSR count). The lowest BCUT2D eigenvalue weighted by atomic mass is 10.2. The van der Waals surface area contributed by atoms with Crippen LogP contribution in [-0.4, -0.2) is 16.5 Å². The zero-order valence-electron chi connectivity index (χ0n) is 11.6. The molecule has 0 spiro atoms. The number of nitrogens with one attached hydrogen (secondary N) is 1. The summed E-state index contributed by atoms with van der Waals surface area (Å²) in [7, 11) is 0. The smallest absolute Gasteiger partial charge is 0.192 e. The van der Waals surface area contributed by atoms with Gasteiger partial charge in [0.05, 0.1) is 0 Å². The maximum absolute atomic E-state index is 4.41. The van der Waals surface area contributed by atoms with Gasteiger partial charge in [-0.15, -0.1) is 0 Å². The van der Waals surface area contributed by atoms with Gasteiger partial charge in [-0.3, -0.25) is 0 Å². The molecule has 1 aromatic heterocycles. The zero-order valence-corrected chi connectivity index (χ0v) is 12.4. The molecule has 4 heteroatoms. The van der Waals surface area contributed by atoms with Gasteiger partial charge in [0.25, 0.3) is 0 Å². The van der Waals surface area contributed by atoms with Crippen molar-refractivity contribution in [1.82, 2.24) is 15.3 Å². The summed E-state index contributed by atoms with van der Waals surface area (Å²) in [6.07, 6.45) is 3.78. The van der Waals surface area contributed by atoms with Crippen LogP contribution in [-0.2, 0) is 6.54 Å². The molecule has 0 radical (unpaired) electrons. The molecule has 1 heterocycles. The number of aryl methyl sites for hydroxylation is 2. The van der Waals surface area contributed by atoms with Crippen molar-refractivity contribution in [3.8, 4) is 0 Å². The first-order valence-electron chi connectivity index (χ1n) is 6.46. The van der Waals surface area contributed by atoms with Crippen molar-refractivity contribution in [3.63, 3.8) is 0 Å². The van der Waals surface area contributed by atoms with Crippen LogP contribution < -0.4 is 5.32 Å². The Morgan fingerprint density at radius 1 is 1.16 bits per heavy atom. The minimum atomic E-state index is 0.800. The molecule has 2 aromatic rings. The summed E-state index contributed by atoms with van der Waals surface area (Å²) in [5.41, 5.74) is 3.64. The first-order valence-corrected chi connectivity index (χ1v) is 7.27. The summed E-state index contributed by atoms with van der Waals surface area (Å²) in [4.78, 5) is 10.0. The topological polar surface area (TPSA) is 37.8 Å². The lowest BCUT2D eigenvalue weighted by Crippen LogP contribution is -2.12. The maximum atomic E-state index is 4.41. The first-order chi connectivity index (χ1) is 9.19. The normalized spacial score (nSPS) is 10.7. The summed E-state index contributed by atoms with van der Waals surface area (Å²) in [5, 5.41) is 4.06. The van der Waals surface area contributed by atoms with Gasteiger partial charge >= 0.3 is 0 Å². The lowest BCUT2D eigenvalue weighted by molar-refractivity contribution is 0.716. The Morgan fingerprint density at radius 2 is 1.89 bits per heavy atom. The van der Waals surface area contributed by atoms with E-state index in [4.69, 9.17) is 0 Å². The maximum Gasteiger partial charge on any atom is 0.192 e. The van der Waals surface area contributed by atoms with Crippen LogP contribution >= 0.6 is 11.8 Å². The van der Waals surface area contributed by atoms with E-state index < -0.39 is 0 Å². The molecule has 1 aromatic carbocycles. The van der Waals surface area contributed by atoms with Crippen molar-refractivity contribution in [2.75, 3.05) is 6.54 Å². The number of rotatable bonds is 5. The number of hydrogen-bond donors (Lipinski definition) is 1. The average Bonchev–Trinajstić information content (AvgIpc) is 2.42. The predicted molar refractivity (Wildman–Crippen MR) is 79.5 cm³/mol. The molecule has 0 atom stereocenters. The highest BCUT2D eigenvalue weighted by Crippen LogP contribution is 2.28. The third kappa shape index (κ3) is 4.04. The first kappa shape index (κ1) is 14.0. The van der Waals surface area contributed by atoms with E-state index in [2.05, 4.69) is 54.3 Å². The Morgan fingerprint density at radius 3 is 2.58 bits per heavy atom. The highest BCUT2D eigenvalue weighted by Gasteiger charge is 2.04. The van der Waals surface area contributed by atoms with Gasteiger partial charge < -0.3 is 5.32 Å². The van der Waals surface area contributed by atoms with E-state index in [1.54, 1.807) is 11.8 Å². The van der Waals surface area contributed by atoms with Gasteiger partial charge in [0, 0.05) is 29.4 Å². The standard InChI is InChI=1S/C15H19N3S/c1-4-16-8-13-9-17-15(18-10-13)19-14-7-11(2)5-6-12(14)3/h5-7,9-10,16H,4,8H2,1-3H3. The molecule has 0 saturated heterocycles. The van der Waals surface area contributed by atoms with E-state index in [0.29, 0.717) is 0 Å². The van der Waals surface area contributed by atoms with E-state index in [9.17, 15) is 0 Å². The van der Waals surface area contributed by atoms with Crippen LogP contribution in [0, 0.1) is 13.8 Å². The van der Waals surface area contributed by atoms with Crippen molar-refractivity contribution in [3.05, 3.63) is 47.3 Å². The Hall–Kier alpha value is -1.39. The fourth-order valence-electron chi connectivity index (χ4n) is 1.67. The molecule has 0 saturated carbocycles. The molecule has 0 aliphatic heterocycles. The van der Waals surface area contributed by atoms with Gasteiger partial charge in [0.2, 0.25) is 0 Å². The summed E-state index contributed by atoms with van der Waals surface area (Å²) < 4.78 is 0. The van der Waals surface area contributed by atoms with Crippen molar-refractivity contribution in [2.45, 2.75) is 37.4 Å². The van der Waals surface area contributed by atoms with Crippen LogP contribution in [0.5, 0.6) is 0 Å². The van der Waals surface area contributed by atoms with Gasteiger partial charge in [0.1, 0.15) is 0 Å². The molecule has 0 aliphatic carbocycles. The molecule has 3 nitrogen and oxygen atoms in total. The molecular formula is C15H19N3S. The molecule has 0 unspecified atom stereocenters. The fourth-order valence-corrected chi connectivity index (χ4v) is 2.55. The number of benzene rings is 1. The predicted octanol–water partition coefficient (Wildman–Crippen LogP) is 3.35. The van der Waals surface area contributed by atoms with Crippen LogP contribution in [0.15, 0.2) is 40.6 Å². The highest BCUT2D eigenvalue weighted by atomic mass is 32.2. The van der Waals surface area contributed by atoms with Crippen LogP contribution in [0.2, 0.25) is 0 Å². The lowest BCUT2D eigenvalue weighted by Gasteiger charge is -2.06. The zero-order chi connectivity index (χ0) is 13.7. The summed E-state index contributed by atoms with van der Waals surface area (Å²) in [6, 6.07) is 6.44. The van der Waals surface area contributed by atoms with E-state index in [-0.39, 0.29) is 0 Å². The van der Waals surface area contributed by atoms with Crippen LogP contribution in [0.25, 0.3) is 0 Å². The number of nitrogens with zero attached hydrogens (tertiary/aromatic N) is 2. The average molecular weight is 273 g/mol. The summed E-state index contributed by atoms with van der Waals surface area (Å²) in [6.45, 7) is 8.08. The molecular weight excluding hydrogens is 254 g/mol. The third-order valence-corrected chi connectivity index (χ3v) is 3.86. The second kappa shape index (κ2) is 6.68. The van der Waals surface area contributed by atoms with Crippen LogP contribution in [0.1, 0.15) is 23.6 Å². The second-order valence-corrected chi connectivity index (χ2v) is 5.53. The minimum Gasteiger partial charge on any atom is -0.313 e. The monoisotopic (exact) mass is 273 g/mol. The Kier molecular flexibility index (Phi) is 4.93. The largest absolute Gasteiger partial charge is 0.313 e. The van der Waals surface area contributed by atoms with E-state index >= 15 is 0 Å². The van der Waals surface area contributed by atoms with E-state index in [0.717, 1.165) is 23.8 Å². The molecule has 0 amide bonds. The van der Waals surface area contributed by atoms with Gasteiger partial charge in [-0.1, -0.05) is 19.1 Å². The van der Waals surface area contributed by atoms with Crippen molar-refractivity contribution >= 4 is 11.8 Å². The fraction of sp³-hybridized carbons (Fsp3) is 0.333. The van der Waals surface area contributed by atoms with Crippen molar-refractivity contribution in [1.29, 1.82) is 0 Å². The molecule has 0 bridgehead atoms. The molecule has 1 N–H and O–H groups in total. The number of hydrogen-bond acceptors (Lipinski definition) is 4. The minimum absolute atomic E-state index is 0.800. The quantitative estimate of drug-likeness (QED) is 0.848. The van der Waals surface area contributed by atoms with Crippen molar-refractivity contribution < 1.29 is 0 Å². The van der Waals surface area contributed by atoms with Gasteiger partial charge in [-0.05, 0) is 49.3 Å². The van der Waals surface area contributed by atoms with Crippen molar-refractivity contribution in [2.24, 2.45) is 0 Å². The summed E-state index contributed by atoms with van der Waals surface area (Å²) >= 11 is 1.62. The Bertz CT molecular complexity index is 538. The Balaban J connectivity index is 2.08. The SMILES string of the molecule is CCNCc1cnc(Sc2cc(C)ccc2C)nc1. The van der Waals surface area contributed by atoms with Gasteiger partial charge in [0.15, 0.2) is 5.16 Å². The second-order valence-electron chi connectivity index (χ2n) is 4.53. The van der Waals surface area contributed by atoms with E-state index in [1.165, 1.54) is 16.0 Å². The summed E-state index contributed by atoms with van der Waals surface area (Å²) in [5.74, 6) is 0. The van der Waals surface area contributed by atoms with Gasteiger partial charge in [-0.25, -0.2) is 9.97 Å². The molecule has 19 heavy (non-hydrogen) atoms. The number of aromatic nitrogens is 2. The van der Waals surface area contributed by atoms with Gasteiger partial charge in [-0.2, -0.15) is 0 Å². The molecule has 100 valence electrons. The Labute approximate surface area is 118 Å². The molecule has 0 aliphatic rings. The molecule has 0 fully saturated rings. The third-order valence-electron chi connectivity index (χ3n) is 2.81. The highest BCUT2D eigenvalue weighted by molar-refractivity contribution is 7.99.